The van der Waals surface area contributed by atoms with Crippen LogP contribution in [0.15, 0.2) is 73.1 Å². The Balaban J connectivity index is 1.23. The maximum absolute atomic E-state index is 14.0. The average molecular weight is 429 g/mol. The molecule has 32 heavy (non-hydrogen) atoms. The summed E-state index contributed by atoms with van der Waals surface area (Å²) in [6, 6.07) is 18.5. The Labute approximate surface area is 185 Å². The zero-order chi connectivity index (χ0) is 21.9. The van der Waals surface area contributed by atoms with Crippen LogP contribution in [-0.2, 0) is 16.0 Å². The number of amides is 1. The summed E-state index contributed by atoms with van der Waals surface area (Å²) in [4.78, 5) is 22.5. The van der Waals surface area contributed by atoms with Gasteiger partial charge in [0.1, 0.15) is 11.9 Å². The van der Waals surface area contributed by atoms with Gasteiger partial charge in [-0.3, -0.25) is 9.78 Å². The molecule has 1 N–H and O–H groups in total. The van der Waals surface area contributed by atoms with Gasteiger partial charge in [0, 0.05) is 47.4 Å². The van der Waals surface area contributed by atoms with E-state index in [0.717, 1.165) is 16.8 Å². The molecular weight excluding hydrogens is 405 g/mol. The number of aromatic nitrogens is 2. The number of hydrogen-bond acceptors (Lipinski definition) is 3. The molecule has 1 aliphatic heterocycles. The molecule has 1 aliphatic rings. The monoisotopic (exact) mass is 429 g/mol. The van der Waals surface area contributed by atoms with Crippen molar-refractivity contribution >= 4 is 16.8 Å². The van der Waals surface area contributed by atoms with Crippen molar-refractivity contribution in [1.29, 1.82) is 0 Å². The van der Waals surface area contributed by atoms with Gasteiger partial charge in [-0.1, -0.05) is 42.5 Å². The van der Waals surface area contributed by atoms with E-state index in [2.05, 4.69) is 16.0 Å². The number of ether oxygens (including phenoxy) is 1. The fourth-order valence-corrected chi connectivity index (χ4v) is 4.24. The van der Waals surface area contributed by atoms with Gasteiger partial charge in [-0.2, -0.15) is 0 Å². The molecule has 5 nitrogen and oxygen atoms in total. The van der Waals surface area contributed by atoms with E-state index < -0.39 is 0 Å². The van der Waals surface area contributed by atoms with E-state index in [-0.39, 0.29) is 17.8 Å². The lowest BCUT2D eigenvalue weighted by Gasteiger charge is -2.32. The third-order valence-corrected chi connectivity index (χ3v) is 6.00. The van der Waals surface area contributed by atoms with E-state index >= 15 is 0 Å². The number of nitrogens with one attached hydrogen (secondary N) is 1. The van der Waals surface area contributed by atoms with Crippen LogP contribution in [-0.4, -0.2) is 40.5 Å². The number of hydrogen-bond donors (Lipinski definition) is 1. The Bertz CT molecular complexity index is 1240. The number of pyridine rings is 1. The minimum Gasteiger partial charge on any atom is -0.368 e. The molecule has 0 bridgehead atoms. The molecule has 0 saturated carbocycles. The standard InChI is InChI=1S/C26H24FN3O2/c27-22-7-3-1-5-20(22)18-9-11-24(29-15-18)25-17-30(13-14-32-25)26(31)12-10-19-16-28-23-8-4-2-6-21(19)23/h1-9,11,15-16,25,28H,10,12-14,17H2. The normalized spacial score (nSPS) is 16.4. The molecule has 4 aromatic rings. The maximum Gasteiger partial charge on any atom is 0.223 e. The molecule has 0 radical (unpaired) electrons. The van der Waals surface area contributed by atoms with E-state index in [1.807, 2.05) is 41.4 Å². The highest BCUT2D eigenvalue weighted by molar-refractivity contribution is 5.84. The fourth-order valence-electron chi connectivity index (χ4n) is 4.24. The SMILES string of the molecule is O=C(CCc1c[nH]c2ccccc12)N1CCOC(c2ccc(-c3ccccc3F)cn2)C1. The number of aryl methyl sites for hydroxylation is 1. The van der Waals surface area contributed by atoms with Crippen LogP contribution in [0.25, 0.3) is 22.0 Å². The van der Waals surface area contributed by atoms with Crippen LogP contribution in [0.5, 0.6) is 0 Å². The number of aromatic amines is 1. The molecule has 162 valence electrons. The van der Waals surface area contributed by atoms with Crippen LogP contribution in [0, 0.1) is 5.82 Å². The molecule has 1 atom stereocenters. The lowest BCUT2D eigenvalue weighted by Crippen LogP contribution is -2.42. The molecule has 1 saturated heterocycles. The first kappa shape index (κ1) is 20.4. The summed E-state index contributed by atoms with van der Waals surface area (Å²) in [6.07, 6.45) is 4.51. The number of benzene rings is 2. The average Bonchev–Trinajstić information content (AvgIpc) is 3.26. The predicted octanol–water partition coefficient (Wildman–Crippen LogP) is 4.90. The number of carbonyl (C=O) groups is 1. The first-order valence-electron chi connectivity index (χ1n) is 10.8. The third-order valence-electron chi connectivity index (χ3n) is 6.00. The van der Waals surface area contributed by atoms with Crippen LogP contribution in [0.1, 0.15) is 23.8 Å². The molecular formula is C26H24FN3O2. The van der Waals surface area contributed by atoms with Crippen molar-refractivity contribution in [1.82, 2.24) is 14.9 Å². The van der Waals surface area contributed by atoms with Crippen molar-refractivity contribution in [2.75, 3.05) is 19.7 Å². The minimum absolute atomic E-state index is 0.117. The van der Waals surface area contributed by atoms with Gasteiger partial charge >= 0.3 is 0 Å². The summed E-state index contributed by atoms with van der Waals surface area (Å²) < 4.78 is 19.9. The lowest BCUT2D eigenvalue weighted by molar-refractivity contribution is -0.139. The second-order valence-electron chi connectivity index (χ2n) is 8.01. The second-order valence-corrected chi connectivity index (χ2v) is 8.01. The number of morpholine rings is 1. The summed E-state index contributed by atoms with van der Waals surface area (Å²) in [5.41, 5.74) is 4.23. The van der Waals surface area contributed by atoms with Gasteiger partial charge in [0.15, 0.2) is 0 Å². The quantitative estimate of drug-likeness (QED) is 0.491. The second kappa shape index (κ2) is 8.93. The largest absolute Gasteiger partial charge is 0.368 e. The highest BCUT2D eigenvalue weighted by atomic mass is 19.1. The van der Waals surface area contributed by atoms with E-state index in [0.29, 0.717) is 43.7 Å². The summed E-state index contributed by atoms with van der Waals surface area (Å²) >= 11 is 0. The molecule has 5 rings (SSSR count). The smallest absolute Gasteiger partial charge is 0.223 e. The first-order chi connectivity index (χ1) is 15.7. The van der Waals surface area contributed by atoms with E-state index in [1.54, 1.807) is 24.4 Å². The van der Waals surface area contributed by atoms with E-state index in [9.17, 15) is 9.18 Å². The number of nitrogens with zero attached hydrogens (tertiary/aromatic N) is 2. The predicted molar refractivity (Wildman–Crippen MR) is 122 cm³/mol. The van der Waals surface area contributed by atoms with Crippen LogP contribution in [0.4, 0.5) is 4.39 Å². The lowest BCUT2D eigenvalue weighted by atomic mass is 10.1. The highest BCUT2D eigenvalue weighted by Gasteiger charge is 2.26. The van der Waals surface area contributed by atoms with Crippen molar-refractivity contribution in [2.24, 2.45) is 0 Å². The summed E-state index contributed by atoms with van der Waals surface area (Å²) in [6.45, 7) is 1.52. The van der Waals surface area contributed by atoms with E-state index in [1.165, 1.54) is 11.5 Å². The Morgan fingerprint density at radius 2 is 1.97 bits per heavy atom. The number of rotatable bonds is 5. The number of para-hydroxylation sites is 1. The topological polar surface area (TPSA) is 58.2 Å². The molecule has 0 spiro atoms. The van der Waals surface area contributed by atoms with Crippen molar-refractivity contribution in [3.8, 4) is 11.1 Å². The summed E-state index contributed by atoms with van der Waals surface area (Å²) in [7, 11) is 0. The molecule has 1 amide bonds. The van der Waals surface area contributed by atoms with Crippen molar-refractivity contribution < 1.29 is 13.9 Å². The Kier molecular flexibility index (Phi) is 5.69. The van der Waals surface area contributed by atoms with Gasteiger partial charge < -0.3 is 14.6 Å². The molecule has 1 unspecified atom stereocenters. The Hall–Kier alpha value is -3.51. The van der Waals surface area contributed by atoms with Crippen molar-refractivity contribution in [3.05, 3.63) is 90.1 Å². The number of halogens is 1. The Morgan fingerprint density at radius 1 is 1.12 bits per heavy atom. The zero-order valence-corrected chi connectivity index (χ0v) is 17.6. The van der Waals surface area contributed by atoms with Gasteiger partial charge in [0.05, 0.1) is 18.8 Å². The minimum atomic E-state index is -0.282. The van der Waals surface area contributed by atoms with Gasteiger partial charge in [-0.25, -0.2) is 4.39 Å². The zero-order valence-electron chi connectivity index (χ0n) is 17.6. The van der Waals surface area contributed by atoms with Crippen LogP contribution in [0.2, 0.25) is 0 Å². The summed E-state index contributed by atoms with van der Waals surface area (Å²) in [5, 5.41) is 1.17. The van der Waals surface area contributed by atoms with Gasteiger partial charge in [0.25, 0.3) is 0 Å². The first-order valence-corrected chi connectivity index (χ1v) is 10.8. The molecule has 6 heteroatoms. The Morgan fingerprint density at radius 3 is 2.81 bits per heavy atom. The fraction of sp³-hybridized carbons (Fsp3) is 0.231. The van der Waals surface area contributed by atoms with Crippen LogP contribution < -0.4 is 0 Å². The molecule has 2 aromatic heterocycles. The third kappa shape index (κ3) is 4.14. The number of carbonyl (C=O) groups excluding carboxylic acids is 1. The molecule has 3 heterocycles. The van der Waals surface area contributed by atoms with Gasteiger partial charge in [-0.05, 0) is 30.2 Å². The molecule has 2 aromatic carbocycles. The van der Waals surface area contributed by atoms with Crippen LogP contribution in [0.3, 0.4) is 0 Å². The van der Waals surface area contributed by atoms with Crippen molar-refractivity contribution in [3.63, 3.8) is 0 Å². The van der Waals surface area contributed by atoms with Gasteiger partial charge in [-0.15, -0.1) is 0 Å². The maximum atomic E-state index is 14.0. The van der Waals surface area contributed by atoms with Crippen molar-refractivity contribution in [2.45, 2.75) is 18.9 Å². The number of fused-ring (bicyclic) bond motifs is 1. The summed E-state index contributed by atoms with van der Waals surface area (Å²) in [5.74, 6) is -0.158. The molecule has 0 aliphatic carbocycles. The van der Waals surface area contributed by atoms with Gasteiger partial charge in [0.2, 0.25) is 5.91 Å². The highest BCUT2D eigenvalue weighted by Crippen LogP contribution is 2.26. The van der Waals surface area contributed by atoms with Crippen LogP contribution >= 0.6 is 0 Å². The van der Waals surface area contributed by atoms with E-state index in [4.69, 9.17) is 4.74 Å². The number of H-pyrrole nitrogens is 1. The molecule has 1 fully saturated rings.